The maximum absolute atomic E-state index is 5.72. The molecule has 0 amide bonds. The zero-order valence-corrected chi connectivity index (χ0v) is 27.8. The van der Waals surface area contributed by atoms with E-state index in [9.17, 15) is 0 Å². The molecule has 2 aromatic carbocycles. The fourth-order valence-corrected chi connectivity index (χ4v) is 7.70. The summed E-state index contributed by atoms with van der Waals surface area (Å²) in [5.74, 6) is 3.50. The van der Waals surface area contributed by atoms with Gasteiger partial charge in [0.2, 0.25) is 0 Å². The first-order chi connectivity index (χ1) is 17.9. The number of ether oxygens (including phenoxy) is 1. The molecule has 4 heteroatoms. The SMILES string of the molecule is CC(C)Oc1ccccc1[CH]=[Ru][Cl].CC(C)c1cccc(C(C)C)c1N1[CH-][C@]2(C(C)C)CC[C@@]1(C)C[C@@H]2C. The minimum Gasteiger partial charge on any atom is -0.517 e. The summed E-state index contributed by atoms with van der Waals surface area (Å²) in [6, 6.07) is 14.9. The molecule has 2 nitrogen and oxygen atoms in total. The van der Waals surface area contributed by atoms with Crippen LogP contribution in [0.1, 0.15) is 117 Å². The molecule has 3 aliphatic rings. The van der Waals surface area contributed by atoms with Crippen LogP contribution in [0.4, 0.5) is 5.69 Å². The number of hydrogen-bond donors (Lipinski definition) is 0. The second-order valence-corrected chi connectivity index (χ2v) is 14.6. The van der Waals surface area contributed by atoms with E-state index in [4.69, 9.17) is 14.4 Å². The Morgan fingerprint density at radius 1 is 0.947 bits per heavy atom. The minimum absolute atomic E-state index is 0.191. The number of piperidine rings is 2. The van der Waals surface area contributed by atoms with Crippen molar-refractivity contribution in [2.24, 2.45) is 17.3 Å². The largest absolute Gasteiger partial charge is 0.517 e. The van der Waals surface area contributed by atoms with Crippen LogP contribution in [0.25, 0.3) is 0 Å². The Labute approximate surface area is 245 Å². The molecule has 2 saturated heterocycles. The van der Waals surface area contributed by atoms with E-state index in [1.54, 1.807) is 0 Å². The molecule has 2 heterocycles. The Hall–Kier alpha value is -1.18. The molecule has 2 aliphatic heterocycles. The van der Waals surface area contributed by atoms with Crippen molar-refractivity contribution in [3.05, 3.63) is 65.7 Å². The van der Waals surface area contributed by atoms with Gasteiger partial charge in [0.1, 0.15) is 0 Å². The van der Waals surface area contributed by atoms with Crippen molar-refractivity contribution in [1.82, 2.24) is 0 Å². The molecular formula is C34H50ClNORu-. The standard InChI is InChI=1S/C24H38N.C10H12O.ClH.Ru/c1-16(2)20-10-9-11-21(17(3)4)22(20)25-15-24(18(5)6)13-12-23(25,8)14-19(24)7;1-8(2)11-10-7-5-4-6-9(10)3;;/h9-11,15-19H,12-14H2,1-8H3;3-8H,1-2H3;1H;/q-1;;;+1/p-1/t19-,23-,24-;;;/m0.../s1. The zero-order valence-electron chi connectivity index (χ0n) is 25.3. The van der Waals surface area contributed by atoms with Gasteiger partial charge in [-0.05, 0) is 42.7 Å². The zero-order chi connectivity index (χ0) is 28.3. The Kier molecular flexibility index (Phi) is 10.7. The van der Waals surface area contributed by atoms with Crippen LogP contribution in [0.3, 0.4) is 0 Å². The van der Waals surface area contributed by atoms with Gasteiger partial charge in [-0.1, -0.05) is 84.9 Å². The monoisotopic (exact) mass is 625 g/mol. The van der Waals surface area contributed by atoms with Gasteiger partial charge in [-0.15, -0.1) is 5.41 Å². The molecule has 0 radical (unpaired) electrons. The van der Waals surface area contributed by atoms with Gasteiger partial charge in [-0.3, -0.25) is 0 Å². The number of para-hydroxylation sites is 2. The van der Waals surface area contributed by atoms with E-state index in [2.05, 4.69) is 85.0 Å². The van der Waals surface area contributed by atoms with Crippen LogP contribution in [0, 0.1) is 23.8 Å². The van der Waals surface area contributed by atoms with E-state index in [1.807, 2.05) is 42.7 Å². The van der Waals surface area contributed by atoms with Crippen molar-refractivity contribution in [3.63, 3.8) is 0 Å². The molecule has 0 spiro atoms. The molecular weight excluding hydrogens is 575 g/mol. The quantitative estimate of drug-likeness (QED) is 0.224. The van der Waals surface area contributed by atoms with Gasteiger partial charge in [-0.2, -0.15) is 0 Å². The Bertz CT molecular complexity index is 1070. The number of rotatable bonds is 7. The van der Waals surface area contributed by atoms with Crippen LogP contribution in [0.5, 0.6) is 5.75 Å². The second kappa shape index (κ2) is 13.0. The van der Waals surface area contributed by atoms with Crippen LogP contribution < -0.4 is 9.64 Å². The topological polar surface area (TPSA) is 12.5 Å². The first-order valence-electron chi connectivity index (χ1n) is 14.5. The van der Waals surface area contributed by atoms with Crippen molar-refractivity contribution >= 4 is 20.0 Å². The van der Waals surface area contributed by atoms with Gasteiger partial charge in [0, 0.05) is 11.2 Å². The number of fused-ring (bicyclic) bond motifs is 3. The maximum Gasteiger partial charge on any atom is 0.0145 e. The van der Waals surface area contributed by atoms with Crippen molar-refractivity contribution < 1.29 is 20.4 Å². The van der Waals surface area contributed by atoms with Crippen molar-refractivity contribution in [2.75, 3.05) is 4.90 Å². The van der Waals surface area contributed by atoms with Gasteiger partial charge >= 0.3 is 90.3 Å². The van der Waals surface area contributed by atoms with Crippen LogP contribution in [-0.4, -0.2) is 16.3 Å². The van der Waals surface area contributed by atoms with E-state index in [0.717, 1.165) is 17.2 Å². The smallest absolute Gasteiger partial charge is 0.0145 e. The number of nitrogens with zero attached hydrogens (tertiary/aromatic N) is 1. The Morgan fingerprint density at radius 3 is 2.05 bits per heavy atom. The fourth-order valence-electron chi connectivity index (χ4n) is 6.59. The predicted octanol–water partition coefficient (Wildman–Crippen LogP) is 10.00. The molecule has 0 aromatic heterocycles. The van der Waals surface area contributed by atoms with Gasteiger partial charge in [0.25, 0.3) is 0 Å². The molecule has 3 atom stereocenters. The summed E-state index contributed by atoms with van der Waals surface area (Å²) in [5.41, 5.74) is 6.28. The van der Waals surface area contributed by atoms with Gasteiger partial charge in [0.15, 0.2) is 0 Å². The molecule has 213 valence electrons. The Balaban J connectivity index is 0.000000260. The van der Waals surface area contributed by atoms with Crippen LogP contribution in [-0.2, 0) is 15.7 Å². The molecule has 0 N–H and O–H groups in total. The number of hydrogen-bond acceptors (Lipinski definition) is 2. The first kappa shape index (κ1) is 31.4. The normalized spacial score (nSPS) is 25.2. The van der Waals surface area contributed by atoms with E-state index < -0.39 is 0 Å². The summed E-state index contributed by atoms with van der Waals surface area (Å²) in [4.78, 5) is 2.74. The summed E-state index contributed by atoms with van der Waals surface area (Å²) >= 11 is -0.191. The number of benzene rings is 2. The third-order valence-corrected chi connectivity index (χ3v) is 9.99. The van der Waals surface area contributed by atoms with E-state index >= 15 is 0 Å². The Morgan fingerprint density at radius 2 is 1.55 bits per heavy atom. The average Bonchev–Trinajstić information content (AvgIpc) is 2.84. The second-order valence-electron chi connectivity index (χ2n) is 12.8. The van der Waals surface area contributed by atoms with Crippen molar-refractivity contribution in [2.45, 2.75) is 112 Å². The maximum atomic E-state index is 5.72. The van der Waals surface area contributed by atoms with E-state index in [1.165, 1.54) is 36.1 Å². The molecule has 5 rings (SSSR count). The summed E-state index contributed by atoms with van der Waals surface area (Å²) in [6.45, 7) is 25.9. The third kappa shape index (κ3) is 6.58. The summed E-state index contributed by atoms with van der Waals surface area (Å²) in [5, 5.41) is 0. The van der Waals surface area contributed by atoms with Crippen LogP contribution in [0.2, 0.25) is 0 Å². The van der Waals surface area contributed by atoms with Crippen LogP contribution >= 0.6 is 9.69 Å². The van der Waals surface area contributed by atoms with Crippen molar-refractivity contribution in [3.8, 4) is 5.75 Å². The van der Waals surface area contributed by atoms with E-state index in [0.29, 0.717) is 23.2 Å². The molecule has 2 bridgehead atoms. The number of anilines is 1. The minimum atomic E-state index is -0.191. The van der Waals surface area contributed by atoms with Gasteiger partial charge in [0.05, 0.1) is 0 Å². The summed E-state index contributed by atoms with van der Waals surface area (Å²) in [6.07, 6.45) is 4.18. The van der Waals surface area contributed by atoms with Crippen molar-refractivity contribution in [1.29, 1.82) is 0 Å². The van der Waals surface area contributed by atoms with E-state index in [-0.39, 0.29) is 27.3 Å². The predicted molar refractivity (Wildman–Crippen MR) is 163 cm³/mol. The fraction of sp³-hybridized carbons (Fsp3) is 0.588. The van der Waals surface area contributed by atoms with Gasteiger partial charge < -0.3 is 4.90 Å². The van der Waals surface area contributed by atoms with Gasteiger partial charge in [-0.25, -0.2) is 6.54 Å². The molecule has 38 heavy (non-hydrogen) atoms. The first-order valence-corrected chi connectivity index (χ1v) is 17.7. The third-order valence-electron chi connectivity index (χ3n) is 8.80. The molecule has 0 unspecified atom stereocenters. The van der Waals surface area contributed by atoms with Crippen LogP contribution in [0.15, 0.2) is 42.5 Å². The molecule has 3 fully saturated rings. The summed E-state index contributed by atoms with van der Waals surface area (Å²) < 4.78 is 7.66. The molecule has 2 aromatic rings. The number of halogens is 1. The average molecular weight is 625 g/mol. The summed E-state index contributed by atoms with van der Waals surface area (Å²) in [7, 11) is 5.72. The molecule has 1 saturated carbocycles. The molecule has 1 aliphatic carbocycles.